The lowest BCUT2D eigenvalue weighted by molar-refractivity contribution is 0.0819. The van der Waals surface area contributed by atoms with Crippen LogP contribution in [0.3, 0.4) is 0 Å². The fourth-order valence-corrected chi connectivity index (χ4v) is 2.58. The van der Waals surface area contributed by atoms with Crippen molar-refractivity contribution < 1.29 is 9.18 Å². The summed E-state index contributed by atoms with van der Waals surface area (Å²) >= 11 is 3.27. The summed E-state index contributed by atoms with van der Waals surface area (Å²) in [5.74, 6) is -0.588. The molecule has 0 aromatic heterocycles. The molecule has 1 aromatic rings. The zero-order chi connectivity index (χ0) is 12.5. The molecule has 2 nitrogen and oxygen atoms in total. The topological polar surface area (TPSA) is 29.1 Å². The zero-order valence-electron chi connectivity index (χ0n) is 9.72. The van der Waals surface area contributed by atoms with E-state index in [2.05, 4.69) is 28.2 Å². The number of hydrogen-bond donors (Lipinski definition) is 1. The maximum Gasteiger partial charge on any atom is 0.252 e. The van der Waals surface area contributed by atoms with E-state index in [1.165, 1.54) is 12.1 Å². The fraction of sp³-hybridized carbons (Fsp3) is 0.462. The third-order valence-electron chi connectivity index (χ3n) is 3.54. The van der Waals surface area contributed by atoms with Gasteiger partial charge in [-0.05, 0) is 59.8 Å². The van der Waals surface area contributed by atoms with Crippen LogP contribution in [-0.4, -0.2) is 11.4 Å². The lowest BCUT2D eigenvalue weighted by atomic mass is 9.74. The average molecular weight is 300 g/mol. The van der Waals surface area contributed by atoms with Crippen molar-refractivity contribution in [2.75, 3.05) is 0 Å². The van der Waals surface area contributed by atoms with Crippen LogP contribution in [0.15, 0.2) is 22.7 Å². The van der Waals surface area contributed by atoms with Gasteiger partial charge in [0.2, 0.25) is 0 Å². The van der Waals surface area contributed by atoms with Gasteiger partial charge >= 0.3 is 0 Å². The van der Waals surface area contributed by atoms with Crippen molar-refractivity contribution in [1.29, 1.82) is 0 Å². The van der Waals surface area contributed by atoms with Gasteiger partial charge in [0.25, 0.3) is 5.91 Å². The van der Waals surface area contributed by atoms with Crippen LogP contribution in [0.2, 0.25) is 0 Å². The third-order valence-corrected chi connectivity index (χ3v) is 4.23. The number of amides is 1. The number of rotatable bonds is 3. The van der Waals surface area contributed by atoms with Crippen molar-refractivity contribution in [3.8, 4) is 0 Å². The first-order chi connectivity index (χ1) is 8.06. The predicted octanol–water partition coefficient (Wildman–Crippen LogP) is 3.65. The smallest absolute Gasteiger partial charge is 0.252 e. The van der Waals surface area contributed by atoms with Crippen LogP contribution in [0, 0.1) is 5.82 Å². The van der Waals surface area contributed by atoms with E-state index in [1.54, 1.807) is 6.07 Å². The second-order valence-electron chi connectivity index (χ2n) is 4.57. The maximum atomic E-state index is 13.1. The van der Waals surface area contributed by atoms with Crippen LogP contribution >= 0.6 is 15.9 Å². The number of carbonyl (C=O) groups excluding carboxylic acids is 1. The molecule has 1 fully saturated rings. The largest absolute Gasteiger partial charge is 0.347 e. The summed E-state index contributed by atoms with van der Waals surface area (Å²) in [6, 6.07) is 4.16. The SMILES string of the molecule is CCC1(NC(=O)c2cc(F)ccc2Br)CCC1. The van der Waals surface area contributed by atoms with Crippen LogP contribution in [-0.2, 0) is 0 Å². The van der Waals surface area contributed by atoms with E-state index < -0.39 is 5.82 Å². The van der Waals surface area contributed by atoms with Gasteiger partial charge in [0.15, 0.2) is 0 Å². The Kier molecular flexibility index (Phi) is 3.52. The van der Waals surface area contributed by atoms with Crippen molar-refractivity contribution in [3.63, 3.8) is 0 Å². The quantitative estimate of drug-likeness (QED) is 0.907. The molecule has 1 N–H and O–H groups in total. The van der Waals surface area contributed by atoms with Gasteiger partial charge in [0.1, 0.15) is 5.82 Å². The Hall–Kier alpha value is -0.900. The van der Waals surface area contributed by atoms with Gasteiger partial charge in [-0.2, -0.15) is 0 Å². The molecule has 0 heterocycles. The highest BCUT2D eigenvalue weighted by Gasteiger charge is 2.36. The molecule has 2 rings (SSSR count). The molecule has 1 saturated carbocycles. The van der Waals surface area contributed by atoms with E-state index in [-0.39, 0.29) is 11.4 Å². The summed E-state index contributed by atoms with van der Waals surface area (Å²) in [7, 11) is 0. The number of benzene rings is 1. The first-order valence-electron chi connectivity index (χ1n) is 5.84. The Bertz CT molecular complexity index is 438. The number of halogens is 2. The molecule has 0 atom stereocenters. The van der Waals surface area contributed by atoms with Gasteiger partial charge in [-0.25, -0.2) is 4.39 Å². The van der Waals surface area contributed by atoms with E-state index in [9.17, 15) is 9.18 Å². The highest BCUT2D eigenvalue weighted by Crippen LogP contribution is 2.35. The minimum Gasteiger partial charge on any atom is -0.347 e. The second kappa shape index (κ2) is 4.77. The second-order valence-corrected chi connectivity index (χ2v) is 5.42. The van der Waals surface area contributed by atoms with Crippen LogP contribution < -0.4 is 5.32 Å². The first-order valence-corrected chi connectivity index (χ1v) is 6.63. The first kappa shape index (κ1) is 12.6. The average Bonchev–Trinajstić information content (AvgIpc) is 2.26. The van der Waals surface area contributed by atoms with Crippen LogP contribution in [0.5, 0.6) is 0 Å². The summed E-state index contributed by atoms with van der Waals surface area (Å²) in [4.78, 5) is 12.1. The van der Waals surface area contributed by atoms with E-state index in [4.69, 9.17) is 0 Å². The molecule has 1 aliphatic rings. The minimum absolute atomic E-state index is 0.0666. The van der Waals surface area contributed by atoms with Gasteiger partial charge in [-0.3, -0.25) is 4.79 Å². The Morgan fingerprint density at radius 3 is 2.76 bits per heavy atom. The Morgan fingerprint density at radius 1 is 1.53 bits per heavy atom. The molecular weight excluding hydrogens is 285 g/mol. The van der Waals surface area contributed by atoms with E-state index >= 15 is 0 Å². The molecular formula is C13H15BrFNO. The van der Waals surface area contributed by atoms with Gasteiger partial charge < -0.3 is 5.32 Å². The van der Waals surface area contributed by atoms with Crippen molar-refractivity contribution >= 4 is 21.8 Å². The summed E-state index contributed by atoms with van der Waals surface area (Å²) in [5, 5.41) is 3.03. The van der Waals surface area contributed by atoms with E-state index in [1.807, 2.05) is 0 Å². The molecule has 0 radical (unpaired) electrons. The molecule has 1 aromatic carbocycles. The molecule has 92 valence electrons. The third kappa shape index (κ3) is 2.51. The highest BCUT2D eigenvalue weighted by atomic mass is 79.9. The minimum atomic E-state index is -0.391. The molecule has 0 bridgehead atoms. The van der Waals surface area contributed by atoms with Crippen LogP contribution in [0.1, 0.15) is 43.0 Å². The molecule has 0 aliphatic heterocycles. The Balaban J connectivity index is 2.17. The molecule has 1 amide bonds. The molecule has 0 spiro atoms. The lowest BCUT2D eigenvalue weighted by Gasteiger charge is -2.42. The zero-order valence-corrected chi connectivity index (χ0v) is 11.3. The standard InChI is InChI=1S/C13H15BrFNO/c1-2-13(6-3-7-13)16-12(17)10-8-9(15)4-5-11(10)14/h4-5,8H,2-3,6-7H2,1H3,(H,16,17). The lowest BCUT2D eigenvalue weighted by Crippen LogP contribution is -2.53. The van der Waals surface area contributed by atoms with Gasteiger partial charge in [0, 0.05) is 10.0 Å². The normalized spacial score (nSPS) is 17.4. The number of nitrogens with one attached hydrogen (secondary N) is 1. The number of hydrogen-bond acceptors (Lipinski definition) is 1. The molecule has 1 aliphatic carbocycles. The molecule has 4 heteroatoms. The maximum absolute atomic E-state index is 13.1. The molecule has 0 unspecified atom stereocenters. The van der Waals surface area contributed by atoms with Gasteiger partial charge in [-0.15, -0.1) is 0 Å². The van der Waals surface area contributed by atoms with Crippen molar-refractivity contribution in [3.05, 3.63) is 34.1 Å². The Morgan fingerprint density at radius 2 is 2.24 bits per heavy atom. The summed E-state index contributed by atoms with van der Waals surface area (Å²) in [6.45, 7) is 2.07. The highest BCUT2D eigenvalue weighted by molar-refractivity contribution is 9.10. The van der Waals surface area contributed by atoms with Gasteiger partial charge in [0.05, 0.1) is 5.56 Å². The van der Waals surface area contributed by atoms with Gasteiger partial charge in [-0.1, -0.05) is 6.92 Å². The molecule has 17 heavy (non-hydrogen) atoms. The monoisotopic (exact) mass is 299 g/mol. The van der Waals surface area contributed by atoms with Crippen LogP contribution in [0.4, 0.5) is 4.39 Å². The molecule has 0 saturated heterocycles. The summed E-state index contributed by atoms with van der Waals surface area (Å²) < 4.78 is 13.7. The van der Waals surface area contributed by atoms with E-state index in [0.717, 1.165) is 25.7 Å². The van der Waals surface area contributed by atoms with Crippen LogP contribution in [0.25, 0.3) is 0 Å². The fourth-order valence-electron chi connectivity index (χ4n) is 2.15. The van der Waals surface area contributed by atoms with E-state index in [0.29, 0.717) is 10.0 Å². The predicted molar refractivity (Wildman–Crippen MR) is 68.4 cm³/mol. The summed E-state index contributed by atoms with van der Waals surface area (Å²) in [5.41, 5.74) is 0.299. The van der Waals surface area contributed by atoms with Crippen molar-refractivity contribution in [2.24, 2.45) is 0 Å². The van der Waals surface area contributed by atoms with Crippen molar-refractivity contribution in [1.82, 2.24) is 5.32 Å². The summed E-state index contributed by atoms with van der Waals surface area (Å²) in [6.07, 6.45) is 4.11. The Labute approximate surface area is 109 Å². The van der Waals surface area contributed by atoms with Crippen molar-refractivity contribution in [2.45, 2.75) is 38.1 Å². The number of carbonyl (C=O) groups is 1.